The average molecular weight is 936 g/mol. The number of phenols is 1. The van der Waals surface area contributed by atoms with Crippen LogP contribution in [0, 0.1) is 23.7 Å². The number of nitrogens with zero attached hydrogens (tertiary/aromatic N) is 3. The molecule has 2 aromatic carbocycles. The molecule has 7 rings (SSSR count). The molecule has 1 saturated carbocycles. The normalized spacial score (nSPS) is 26.6. The molecule has 0 aromatic heterocycles. The second-order valence-corrected chi connectivity index (χ2v) is 21.5. The smallest absolute Gasteiger partial charge is 0.333 e. The van der Waals surface area contributed by atoms with E-state index in [1.807, 2.05) is 84.2 Å². The largest absolute Gasteiger partial charge is 0.507 e. The van der Waals surface area contributed by atoms with Gasteiger partial charge >= 0.3 is 11.9 Å². The van der Waals surface area contributed by atoms with E-state index in [0.717, 1.165) is 16.9 Å². The Morgan fingerprint density at radius 1 is 1.00 bits per heavy atom. The Balaban J connectivity index is 1.44. The Morgan fingerprint density at radius 2 is 1.70 bits per heavy atom. The summed E-state index contributed by atoms with van der Waals surface area (Å²) in [6, 6.07) is 7.81. The first-order chi connectivity index (χ1) is 31.7. The van der Waals surface area contributed by atoms with Crippen molar-refractivity contribution < 1.29 is 43.2 Å². The van der Waals surface area contributed by atoms with Gasteiger partial charge in [0.05, 0.1) is 35.2 Å². The predicted octanol–water partition coefficient (Wildman–Crippen LogP) is 9.62. The minimum absolute atomic E-state index is 0.0608. The first-order valence-corrected chi connectivity index (χ1v) is 24.6. The molecule has 4 aliphatic heterocycles. The summed E-state index contributed by atoms with van der Waals surface area (Å²) in [5.41, 5.74) is 3.49. The maximum Gasteiger partial charge on any atom is 0.333 e. The number of amides is 1. The summed E-state index contributed by atoms with van der Waals surface area (Å²) >= 11 is 1.61. The monoisotopic (exact) mass is 935 g/mol. The van der Waals surface area contributed by atoms with E-state index >= 15 is 4.79 Å². The van der Waals surface area contributed by atoms with Crippen LogP contribution in [0.15, 0.2) is 75.2 Å². The number of thioether (sulfide) groups is 1. The van der Waals surface area contributed by atoms with Gasteiger partial charge in [0.25, 0.3) is 0 Å². The van der Waals surface area contributed by atoms with Gasteiger partial charge in [-0.1, -0.05) is 48.4 Å². The van der Waals surface area contributed by atoms with Gasteiger partial charge in [0.1, 0.15) is 29.6 Å². The summed E-state index contributed by atoms with van der Waals surface area (Å²) in [6.07, 6.45) is 11.0. The number of methoxy groups -OCH3 is 1. The number of hydrogen-bond donors (Lipinski definition) is 1. The van der Waals surface area contributed by atoms with Crippen molar-refractivity contribution in [3.05, 3.63) is 82.0 Å². The first-order valence-electron chi connectivity index (χ1n) is 23.8. The second-order valence-electron chi connectivity index (χ2n) is 20.3. The van der Waals surface area contributed by atoms with Crippen LogP contribution in [-0.2, 0) is 35.1 Å². The standard InChI is InChI=1S/C54H69N3O9S/c1-31(2)15-14-23-54(9)24-22-36-49(66-54)35(20-18-32(3)4)48(61)45(50(36)64-43(59)30-42(58)57-27-25-56(10)26-28-57)46-44-34(6)38-29-37(51(44)67-41-17-13-12-16-39(41)55-46)47(60)40(65-53(38,7)8)21-19-33(5)52(62)63-11/h12-13,15-19,22,24,34,37-38,40,44,51,61H,14,20-21,23,25-30H2,1-11H3. The number of ketones is 1. The first kappa shape index (κ1) is 49.9. The van der Waals surface area contributed by atoms with Gasteiger partial charge < -0.3 is 33.9 Å². The van der Waals surface area contributed by atoms with Crippen LogP contribution >= 0.6 is 11.8 Å². The molecule has 2 aromatic rings. The summed E-state index contributed by atoms with van der Waals surface area (Å²) in [5, 5.41) is 12.8. The molecule has 3 fully saturated rings. The van der Waals surface area contributed by atoms with Crippen LogP contribution in [0.5, 0.6) is 17.2 Å². The predicted molar refractivity (Wildman–Crippen MR) is 263 cm³/mol. The fraction of sp³-hybridized carbons (Fsp3) is 0.537. The van der Waals surface area contributed by atoms with Crippen LogP contribution < -0.4 is 9.47 Å². The number of esters is 2. The molecule has 67 heavy (non-hydrogen) atoms. The zero-order valence-corrected chi connectivity index (χ0v) is 42.0. The third kappa shape index (κ3) is 10.7. The number of hydrogen-bond acceptors (Lipinski definition) is 12. The summed E-state index contributed by atoms with van der Waals surface area (Å²) < 4.78 is 25.3. The molecule has 2 saturated heterocycles. The number of ether oxygens (including phenoxy) is 4. The molecule has 13 heteroatoms. The Labute approximate surface area is 400 Å². The number of Topliss-reactive ketones (excluding diaryl/α,β-unsaturated/α-hetero) is 1. The Morgan fingerprint density at radius 3 is 2.39 bits per heavy atom. The summed E-state index contributed by atoms with van der Waals surface area (Å²) in [4.78, 5) is 65.8. The van der Waals surface area contributed by atoms with Crippen molar-refractivity contribution in [3.8, 4) is 17.2 Å². The molecule has 2 bridgehead atoms. The molecular formula is C54H69N3O9S. The maximum atomic E-state index is 15.1. The molecule has 1 N–H and O–H groups in total. The Hall–Kier alpha value is -4.98. The molecule has 4 heterocycles. The maximum absolute atomic E-state index is 15.1. The number of piperazine rings is 1. The molecule has 7 atom stereocenters. The number of rotatable bonds is 12. The Bertz CT molecular complexity index is 2430. The van der Waals surface area contributed by atoms with E-state index < -0.39 is 47.5 Å². The van der Waals surface area contributed by atoms with E-state index in [2.05, 4.69) is 31.7 Å². The van der Waals surface area contributed by atoms with Gasteiger partial charge in [-0.25, -0.2) is 4.79 Å². The van der Waals surface area contributed by atoms with Gasteiger partial charge in [-0.15, -0.1) is 11.8 Å². The SMILES string of the molecule is COC(=O)C(C)=CCC1OC(C)(C)C2CC(C1=O)C1Sc3ccccc3N=C(c3c(O)c(CC=C(C)C)c4c(c3OC(=O)CC(=O)N3CCN(C)CC3)C=CC(C)(CCC=C(C)C)O4)C1C2C. The molecule has 0 radical (unpaired) electrons. The zero-order chi connectivity index (χ0) is 48.5. The minimum atomic E-state index is -0.828. The lowest BCUT2D eigenvalue weighted by Gasteiger charge is -2.48. The molecular weight excluding hydrogens is 867 g/mol. The number of phenolic OH excluding ortho intramolecular Hbond substituents is 1. The lowest BCUT2D eigenvalue weighted by atomic mass is 9.61. The molecule has 1 amide bonds. The van der Waals surface area contributed by atoms with Crippen molar-refractivity contribution >= 4 is 52.9 Å². The number of allylic oxidation sites excluding steroid dienone is 4. The number of aromatic hydroxyl groups is 1. The lowest BCUT2D eigenvalue weighted by molar-refractivity contribution is -0.144. The summed E-state index contributed by atoms with van der Waals surface area (Å²) in [6.45, 7) is 20.4. The van der Waals surface area contributed by atoms with Crippen molar-refractivity contribution in [3.63, 3.8) is 0 Å². The van der Waals surface area contributed by atoms with E-state index in [0.29, 0.717) is 79.3 Å². The third-order valence-electron chi connectivity index (χ3n) is 14.3. The highest BCUT2D eigenvalue weighted by atomic mass is 32.2. The summed E-state index contributed by atoms with van der Waals surface area (Å²) in [7, 11) is 3.34. The van der Waals surface area contributed by atoms with Crippen molar-refractivity contribution in [1.29, 1.82) is 0 Å². The van der Waals surface area contributed by atoms with Crippen molar-refractivity contribution in [2.24, 2.45) is 28.7 Å². The number of likely N-dealkylation sites (N-methyl/N-ethyl adjacent to an activating group) is 1. The average Bonchev–Trinajstić information content (AvgIpc) is 3.49. The van der Waals surface area contributed by atoms with Crippen molar-refractivity contribution in [2.45, 2.75) is 128 Å². The second kappa shape index (κ2) is 20.3. The van der Waals surface area contributed by atoms with Gasteiger partial charge in [-0.05, 0) is 131 Å². The van der Waals surface area contributed by atoms with Crippen LogP contribution in [0.1, 0.15) is 111 Å². The number of para-hydroxylation sites is 1. The van der Waals surface area contributed by atoms with Gasteiger partial charge in [0.2, 0.25) is 5.91 Å². The van der Waals surface area contributed by atoms with Gasteiger partial charge in [0.15, 0.2) is 11.5 Å². The van der Waals surface area contributed by atoms with E-state index in [1.54, 1.807) is 29.7 Å². The van der Waals surface area contributed by atoms with Crippen molar-refractivity contribution in [2.75, 3.05) is 40.3 Å². The lowest BCUT2D eigenvalue weighted by Crippen LogP contribution is -2.51. The highest BCUT2D eigenvalue weighted by Crippen LogP contribution is 2.58. The number of benzene rings is 2. The quantitative estimate of drug-likeness (QED) is 0.0715. The Kier molecular flexibility index (Phi) is 15.1. The highest BCUT2D eigenvalue weighted by molar-refractivity contribution is 8.00. The van der Waals surface area contributed by atoms with Gasteiger partial charge in [-0.2, -0.15) is 0 Å². The molecule has 0 spiro atoms. The van der Waals surface area contributed by atoms with E-state index in [-0.39, 0.29) is 52.3 Å². The number of aliphatic imine (C=N–C) groups is 1. The molecule has 7 unspecified atom stereocenters. The highest BCUT2D eigenvalue weighted by Gasteiger charge is 2.57. The van der Waals surface area contributed by atoms with E-state index in [4.69, 9.17) is 23.9 Å². The zero-order valence-electron chi connectivity index (χ0n) is 41.2. The minimum Gasteiger partial charge on any atom is -0.507 e. The van der Waals surface area contributed by atoms with Crippen LogP contribution in [0.2, 0.25) is 0 Å². The molecule has 1 aliphatic carbocycles. The third-order valence-corrected chi connectivity index (χ3v) is 15.8. The number of fused-ring (bicyclic) bond motifs is 6. The number of carbonyl (C=O) groups excluding carboxylic acids is 4. The van der Waals surface area contributed by atoms with Crippen LogP contribution in [0.4, 0.5) is 5.69 Å². The van der Waals surface area contributed by atoms with Crippen LogP contribution in [-0.4, -0.2) is 107 Å². The molecule has 5 aliphatic rings. The van der Waals surface area contributed by atoms with E-state index in [9.17, 15) is 19.5 Å². The van der Waals surface area contributed by atoms with E-state index in [1.165, 1.54) is 12.7 Å². The van der Waals surface area contributed by atoms with Crippen LogP contribution in [0.3, 0.4) is 0 Å². The van der Waals surface area contributed by atoms with Crippen LogP contribution in [0.25, 0.3) is 6.08 Å². The number of carbonyl (C=O) groups is 4. The van der Waals surface area contributed by atoms with Crippen molar-refractivity contribution in [1.82, 2.24) is 9.80 Å². The molecule has 12 nitrogen and oxygen atoms in total. The molecule has 360 valence electrons. The van der Waals surface area contributed by atoms with Gasteiger partial charge in [-0.3, -0.25) is 19.4 Å². The topological polar surface area (TPSA) is 144 Å². The summed E-state index contributed by atoms with van der Waals surface area (Å²) in [5.74, 6) is -2.56. The fourth-order valence-electron chi connectivity index (χ4n) is 10.5. The fourth-order valence-corrected chi connectivity index (χ4v) is 12.1. The van der Waals surface area contributed by atoms with Gasteiger partial charge in [0, 0.05) is 59.3 Å².